The molecule has 0 aromatic heterocycles. The lowest BCUT2D eigenvalue weighted by molar-refractivity contribution is -0.124. The number of hydrogen-bond donors (Lipinski definition) is 2. The van der Waals surface area contributed by atoms with Crippen LogP contribution in [0.4, 0.5) is 0 Å². The minimum Gasteiger partial charge on any atom is -0.497 e. The molecule has 1 heterocycles. The molecular weight excluding hydrogens is 446 g/mol. The highest BCUT2D eigenvalue weighted by molar-refractivity contribution is 5.98. The van der Waals surface area contributed by atoms with Crippen molar-refractivity contribution in [3.05, 3.63) is 59.7 Å². The first kappa shape index (κ1) is 26.1. The van der Waals surface area contributed by atoms with Gasteiger partial charge in [-0.25, -0.2) is 0 Å². The molecule has 188 valence electrons. The molecule has 1 fully saturated rings. The van der Waals surface area contributed by atoms with Crippen molar-refractivity contribution in [1.82, 2.24) is 15.5 Å². The lowest BCUT2D eigenvalue weighted by Crippen LogP contribution is -2.54. The zero-order valence-electron chi connectivity index (χ0n) is 20.9. The minimum absolute atomic E-state index is 0.0661. The van der Waals surface area contributed by atoms with Crippen LogP contribution in [0.1, 0.15) is 47.4 Å². The molecule has 0 radical (unpaired) electrons. The molecule has 8 heteroatoms. The second-order valence-electron chi connectivity index (χ2n) is 9.18. The van der Waals surface area contributed by atoms with Gasteiger partial charge in [0.05, 0.1) is 14.2 Å². The lowest BCUT2D eigenvalue weighted by Gasteiger charge is -2.36. The van der Waals surface area contributed by atoms with Gasteiger partial charge in [0.15, 0.2) is 0 Å². The van der Waals surface area contributed by atoms with E-state index in [9.17, 15) is 14.4 Å². The van der Waals surface area contributed by atoms with Crippen LogP contribution in [0.5, 0.6) is 11.5 Å². The number of amides is 3. The SMILES string of the molecule is COc1cccc(C(=O)NC(C(=O)NCC(C)C)C2CCN(C(=O)c3cccc(OC)c3)CC2)c1. The summed E-state index contributed by atoms with van der Waals surface area (Å²) in [6, 6.07) is 13.2. The van der Waals surface area contributed by atoms with Crippen molar-refractivity contribution >= 4 is 17.7 Å². The molecule has 3 rings (SSSR count). The molecular formula is C27H35N3O5. The molecule has 2 aromatic carbocycles. The molecule has 0 saturated carbocycles. The van der Waals surface area contributed by atoms with E-state index in [2.05, 4.69) is 10.6 Å². The summed E-state index contributed by atoms with van der Waals surface area (Å²) in [7, 11) is 3.11. The number of methoxy groups -OCH3 is 2. The van der Waals surface area contributed by atoms with Crippen molar-refractivity contribution in [2.75, 3.05) is 33.9 Å². The van der Waals surface area contributed by atoms with E-state index in [0.29, 0.717) is 55.1 Å². The highest BCUT2D eigenvalue weighted by Gasteiger charge is 2.34. The molecule has 1 atom stereocenters. The number of likely N-dealkylation sites (tertiary alicyclic amines) is 1. The summed E-state index contributed by atoms with van der Waals surface area (Å²) in [6.45, 7) is 5.57. The minimum atomic E-state index is -0.693. The maximum absolute atomic E-state index is 13.1. The van der Waals surface area contributed by atoms with Gasteiger partial charge in [-0.15, -0.1) is 0 Å². The zero-order chi connectivity index (χ0) is 25.4. The Morgan fingerprint density at radius 2 is 1.51 bits per heavy atom. The molecule has 1 aliphatic heterocycles. The number of nitrogens with zero attached hydrogens (tertiary/aromatic N) is 1. The fourth-order valence-electron chi connectivity index (χ4n) is 4.18. The molecule has 0 bridgehead atoms. The van der Waals surface area contributed by atoms with Crippen molar-refractivity contribution in [2.45, 2.75) is 32.7 Å². The van der Waals surface area contributed by atoms with E-state index in [4.69, 9.17) is 9.47 Å². The largest absolute Gasteiger partial charge is 0.497 e. The van der Waals surface area contributed by atoms with Gasteiger partial charge in [0, 0.05) is 30.8 Å². The van der Waals surface area contributed by atoms with Crippen molar-refractivity contribution in [3.8, 4) is 11.5 Å². The number of rotatable bonds is 9. The first-order chi connectivity index (χ1) is 16.8. The van der Waals surface area contributed by atoms with E-state index in [1.807, 2.05) is 13.8 Å². The van der Waals surface area contributed by atoms with Crippen molar-refractivity contribution < 1.29 is 23.9 Å². The van der Waals surface area contributed by atoms with Gasteiger partial charge >= 0.3 is 0 Å². The Labute approximate surface area is 207 Å². The van der Waals surface area contributed by atoms with Gasteiger partial charge in [0.1, 0.15) is 17.5 Å². The van der Waals surface area contributed by atoms with E-state index in [1.165, 1.54) is 0 Å². The topological polar surface area (TPSA) is 97.0 Å². The maximum Gasteiger partial charge on any atom is 0.253 e. The second kappa shape index (κ2) is 12.2. The first-order valence-electron chi connectivity index (χ1n) is 12.0. The van der Waals surface area contributed by atoms with Crippen LogP contribution in [0.15, 0.2) is 48.5 Å². The fraction of sp³-hybridized carbons (Fsp3) is 0.444. The highest BCUT2D eigenvalue weighted by atomic mass is 16.5. The summed E-state index contributed by atoms with van der Waals surface area (Å²) in [5, 5.41) is 5.90. The van der Waals surface area contributed by atoms with Gasteiger partial charge in [-0.3, -0.25) is 14.4 Å². The van der Waals surface area contributed by atoms with Gasteiger partial charge in [0.25, 0.3) is 11.8 Å². The average molecular weight is 482 g/mol. The Morgan fingerprint density at radius 1 is 0.943 bits per heavy atom. The van der Waals surface area contributed by atoms with Crippen LogP contribution < -0.4 is 20.1 Å². The number of nitrogens with one attached hydrogen (secondary N) is 2. The zero-order valence-corrected chi connectivity index (χ0v) is 20.9. The predicted octanol–water partition coefficient (Wildman–Crippen LogP) is 3.13. The molecule has 3 amide bonds. The molecule has 1 aliphatic rings. The monoisotopic (exact) mass is 481 g/mol. The quantitative estimate of drug-likeness (QED) is 0.574. The third kappa shape index (κ3) is 6.97. The van der Waals surface area contributed by atoms with Gasteiger partial charge in [-0.05, 0) is 61.1 Å². The summed E-state index contributed by atoms with van der Waals surface area (Å²) in [5.74, 6) is 0.803. The average Bonchev–Trinajstić information content (AvgIpc) is 2.89. The maximum atomic E-state index is 13.1. The number of benzene rings is 2. The Balaban J connectivity index is 1.70. The van der Waals surface area contributed by atoms with Gasteiger partial charge in [-0.2, -0.15) is 0 Å². The van der Waals surface area contributed by atoms with E-state index >= 15 is 0 Å². The van der Waals surface area contributed by atoms with Crippen molar-refractivity contribution in [1.29, 1.82) is 0 Å². The summed E-state index contributed by atoms with van der Waals surface area (Å²) >= 11 is 0. The van der Waals surface area contributed by atoms with Crippen LogP contribution in [0.25, 0.3) is 0 Å². The van der Waals surface area contributed by atoms with Gasteiger partial charge in [0.2, 0.25) is 5.91 Å². The molecule has 8 nitrogen and oxygen atoms in total. The molecule has 0 spiro atoms. The van der Waals surface area contributed by atoms with Crippen LogP contribution in [0.3, 0.4) is 0 Å². The summed E-state index contributed by atoms with van der Waals surface area (Å²) in [5.41, 5.74) is 0.997. The number of carbonyl (C=O) groups is 3. The van der Waals surface area contributed by atoms with Crippen LogP contribution in [-0.2, 0) is 4.79 Å². The molecule has 35 heavy (non-hydrogen) atoms. The number of piperidine rings is 1. The summed E-state index contributed by atoms with van der Waals surface area (Å²) in [6.07, 6.45) is 1.21. The van der Waals surface area contributed by atoms with E-state index in [-0.39, 0.29) is 29.6 Å². The molecule has 2 N–H and O–H groups in total. The van der Waals surface area contributed by atoms with E-state index < -0.39 is 6.04 Å². The Morgan fingerprint density at radius 3 is 2.09 bits per heavy atom. The standard InChI is InChI=1S/C27H35N3O5/c1-18(2)17-28-26(32)24(29-25(31)20-7-5-9-22(15-20)34-3)19-11-13-30(14-12-19)27(33)21-8-6-10-23(16-21)35-4/h5-10,15-16,18-19,24H,11-14,17H2,1-4H3,(H,28,32)(H,29,31). The van der Waals surface area contributed by atoms with Crippen LogP contribution in [-0.4, -0.2) is 62.5 Å². The first-order valence-corrected chi connectivity index (χ1v) is 12.0. The summed E-state index contributed by atoms with van der Waals surface area (Å²) in [4.78, 5) is 40.9. The number of ether oxygens (including phenoxy) is 2. The van der Waals surface area contributed by atoms with Crippen molar-refractivity contribution in [2.24, 2.45) is 11.8 Å². The number of carbonyl (C=O) groups excluding carboxylic acids is 3. The molecule has 2 aromatic rings. The van der Waals surface area contributed by atoms with Crippen LogP contribution in [0.2, 0.25) is 0 Å². The second-order valence-corrected chi connectivity index (χ2v) is 9.18. The normalized spacial score (nSPS) is 14.8. The molecule has 0 aliphatic carbocycles. The molecule has 1 unspecified atom stereocenters. The number of hydrogen-bond acceptors (Lipinski definition) is 5. The van der Waals surface area contributed by atoms with Gasteiger partial charge in [-0.1, -0.05) is 26.0 Å². The van der Waals surface area contributed by atoms with Gasteiger partial charge < -0.3 is 25.0 Å². The molecule has 1 saturated heterocycles. The fourth-order valence-corrected chi connectivity index (χ4v) is 4.18. The smallest absolute Gasteiger partial charge is 0.253 e. The Kier molecular flexibility index (Phi) is 9.11. The third-order valence-electron chi connectivity index (χ3n) is 6.20. The lowest BCUT2D eigenvalue weighted by atomic mass is 9.88. The predicted molar refractivity (Wildman–Crippen MR) is 134 cm³/mol. The van der Waals surface area contributed by atoms with Crippen LogP contribution >= 0.6 is 0 Å². The third-order valence-corrected chi connectivity index (χ3v) is 6.20. The Hall–Kier alpha value is -3.55. The highest BCUT2D eigenvalue weighted by Crippen LogP contribution is 2.24. The Bertz CT molecular complexity index is 1030. The van der Waals surface area contributed by atoms with Crippen molar-refractivity contribution in [3.63, 3.8) is 0 Å². The summed E-state index contributed by atoms with van der Waals surface area (Å²) < 4.78 is 10.5. The van der Waals surface area contributed by atoms with Crippen LogP contribution in [0, 0.1) is 11.8 Å². The van der Waals surface area contributed by atoms with E-state index in [0.717, 1.165) is 0 Å². The van der Waals surface area contributed by atoms with E-state index in [1.54, 1.807) is 67.7 Å².